The van der Waals surface area contributed by atoms with Gasteiger partial charge in [0.15, 0.2) is 11.6 Å². The Morgan fingerprint density at radius 2 is 2.00 bits per heavy atom. The van der Waals surface area contributed by atoms with Crippen molar-refractivity contribution in [2.45, 2.75) is 6.92 Å². The van der Waals surface area contributed by atoms with Crippen LogP contribution in [0, 0.1) is 18.7 Å². The molecule has 1 aromatic carbocycles. The van der Waals surface area contributed by atoms with E-state index in [2.05, 4.69) is 4.98 Å². The molecule has 0 saturated carbocycles. The lowest BCUT2D eigenvalue weighted by Crippen LogP contribution is -1.94. The largest absolute Gasteiger partial charge is 0.494 e. The predicted octanol–water partition coefficient (Wildman–Crippen LogP) is 3.34. The third kappa shape index (κ3) is 2.11. The van der Waals surface area contributed by atoms with Gasteiger partial charge in [0.2, 0.25) is 5.95 Å². The van der Waals surface area contributed by atoms with E-state index in [0.717, 1.165) is 0 Å². The van der Waals surface area contributed by atoms with Gasteiger partial charge >= 0.3 is 0 Å². The van der Waals surface area contributed by atoms with Crippen LogP contribution in [-0.4, -0.2) is 12.1 Å². The highest BCUT2D eigenvalue weighted by Gasteiger charge is 2.11. The van der Waals surface area contributed by atoms with Crippen LogP contribution in [0.1, 0.15) is 5.56 Å². The third-order valence-corrected chi connectivity index (χ3v) is 2.51. The fourth-order valence-electron chi connectivity index (χ4n) is 1.60. The number of ether oxygens (including phenoxy) is 1. The molecule has 88 valence electrons. The molecule has 17 heavy (non-hydrogen) atoms. The van der Waals surface area contributed by atoms with Gasteiger partial charge in [0.05, 0.1) is 7.11 Å². The smallest absolute Gasteiger partial charge is 0.215 e. The van der Waals surface area contributed by atoms with Gasteiger partial charge in [-0.1, -0.05) is 12.1 Å². The van der Waals surface area contributed by atoms with Crippen molar-refractivity contribution in [1.29, 1.82) is 0 Å². The predicted molar refractivity (Wildman–Crippen MR) is 60.9 cm³/mol. The van der Waals surface area contributed by atoms with Gasteiger partial charge in [-0.15, -0.1) is 0 Å². The number of hydrogen-bond acceptors (Lipinski definition) is 2. The van der Waals surface area contributed by atoms with Gasteiger partial charge in [0, 0.05) is 22.9 Å². The zero-order valence-corrected chi connectivity index (χ0v) is 9.50. The van der Waals surface area contributed by atoms with Gasteiger partial charge in [-0.3, -0.25) is 0 Å². The molecule has 0 fully saturated rings. The Bertz CT molecular complexity index is 555. The highest BCUT2D eigenvalue weighted by atomic mass is 19.1. The molecule has 0 radical (unpaired) electrons. The maximum atomic E-state index is 13.9. The first-order chi connectivity index (χ1) is 8.13. The number of nitrogens with zero attached hydrogens (tertiary/aromatic N) is 1. The number of pyridine rings is 1. The Balaban J connectivity index is 2.56. The lowest BCUT2D eigenvalue weighted by atomic mass is 10.1. The highest BCUT2D eigenvalue weighted by molar-refractivity contribution is 5.65. The molecule has 0 N–H and O–H groups in total. The van der Waals surface area contributed by atoms with E-state index >= 15 is 0 Å². The van der Waals surface area contributed by atoms with Crippen molar-refractivity contribution in [3.05, 3.63) is 47.8 Å². The van der Waals surface area contributed by atoms with Gasteiger partial charge in [0.1, 0.15) is 0 Å². The first kappa shape index (κ1) is 11.5. The van der Waals surface area contributed by atoms with Crippen LogP contribution in [0.2, 0.25) is 0 Å². The SMILES string of the molecule is COc1cccc(-c2cnc(F)c(C)c2)c1F. The minimum absolute atomic E-state index is 0.157. The second-order valence-electron chi connectivity index (χ2n) is 3.65. The number of hydrogen-bond donors (Lipinski definition) is 0. The van der Waals surface area contributed by atoms with Crippen LogP contribution in [0.15, 0.2) is 30.5 Å². The first-order valence-electron chi connectivity index (χ1n) is 5.08. The fourth-order valence-corrected chi connectivity index (χ4v) is 1.60. The average Bonchev–Trinajstić information content (AvgIpc) is 2.33. The Morgan fingerprint density at radius 1 is 1.24 bits per heavy atom. The average molecular weight is 235 g/mol. The standard InChI is InChI=1S/C13H11F2NO/c1-8-6-9(7-16-13(8)15)10-4-3-5-11(17-2)12(10)14/h3-7H,1-2H3. The van der Waals surface area contributed by atoms with Gasteiger partial charge in [-0.2, -0.15) is 4.39 Å². The van der Waals surface area contributed by atoms with Gasteiger partial charge in [-0.05, 0) is 19.1 Å². The highest BCUT2D eigenvalue weighted by Crippen LogP contribution is 2.29. The Hall–Kier alpha value is -1.97. The Labute approximate surface area is 97.9 Å². The van der Waals surface area contributed by atoms with Crippen molar-refractivity contribution < 1.29 is 13.5 Å². The van der Waals surface area contributed by atoms with Crippen molar-refractivity contribution in [3.8, 4) is 16.9 Å². The van der Waals surface area contributed by atoms with E-state index in [1.54, 1.807) is 25.1 Å². The summed E-state index contributed by atoms with van der Waals surface area (Å²) in [6, 6.07) is 6.37. The second-order valence-corrected chi connectivity index (χ2v) is 3.65. The molecular weight excluding hydrogens is 224 g/mol. The minimum Gasteiger partial charge on any atom is -0.494 e. The zero-order chi connectivity index (χ0) is 12.4. The van der Waals surface area contributed by atoms with Crippen LogP contribution in [0.3, 0.4) is 0 Å². The number of aromatic nitrogens is 1. The molecule has 0 aliphatic heterocycles. The molecule has 0 aliphatic rings. The van der Waals surface area contributed by atoms with E-state index in [1.165, 1.54) is 19.4 Å². The number of benzene rings is 1. The number of rotatable bonds is 2. The summed E-state index contributed by atoms with van der Waals surface area (Å²) in [5.41, 5.74) is 1.25. The van der Waals surface area contributed by atoms with Crippen LogP contribution >= 0.6 is 0 Å². The summed E-state index contributed by atoms with van der Waals surface area (Å²) in [5.74, 6) is -0.857. The van der Waals surface area contributed by atoms with Crippen molar-refractivity contribution >= 4 is 0 Å². The normalized spacial score (nSPS) is 10.4. The lowest BCUT2D eigenvalue weighted by molar-refractivity contribution is 0.387. The molecule has 0 unspecified atom stereocenters. The molecule has 0 aliphatic carbocycles. The van der Waals surface area contributed by atoms with Crippen LogP contribution < -0.4 is 4.74 Å². The number of methoxy groups -OCH3 is 1. The number of halogens is 2. The summed E-state index contributed by atoms with van der Waals surface area (Å²) in [7, 11) is 1.40. The minimum atomic E-state index is -0.544. The van der Waals surface area contributed by atoms with Crippen molar-refractivity contribution in [3.63, 3.8) is 0 Å². The lowest BCUT2D eigenvalue weighted by Gasteiger charge is -2.07. The molecule has 0 bridgehead atoms. The van der Waals surface area contributed by atoms with Gasteiger partial charge in [-0.25, -0.2) is 9.37 Å². The molecule has 1 aromatic heterocycles. The van der Waals surface area contributed by atoms with Crippen LogP contribution in [0.5, 0.6) is 5.75 Å². The van der Waals surface area contributed by atoms with E-state index in [9.17, 15) is 8.78 Å². The molecule has 0 amide bonds. The summed E-state index contributed by atoms with van der Waals surface area (Å²) >= 11 is 0. The Morgan fingerprint density at radius 3 is 2.65 bits per heavy atom. The summed E-state index contributed by atoms with van der Waals surface area (Å²) in [6.45, 7) is 1.59. The summed E-state index contributed by atoms with van der Waals surface area (Å²) in [5, 5.41) is 0. The zero-order valence-electron chi connectivity index (χ0n) is 9.50. The summed E-state index contributed by atoms with van der Waals surface area (Å²) in [4.78, 5) is 3.58. The van der Waals surface area contributed by atoms with Crippen LogP contribution in [0.25, 0.3) is 11.1 Å². The van der Waals surface area contributed by atoms with E-state index in [0.29, 0.717) is 16.7 Å². The molecule has 0 saturated heterocycles. The van der Waals surface area contributed by atoms with Crippen molar-refractivity contribution in [1.82, 2.24) is 4.98 Å². The quantitative estimate of drug-likeness (QED) is 0.745. The molecule has 4 heteroatoms. The van der Waals surface area contributed by atoms with Gasteiger partial charge < -0.3 is 4.74 Å². The molecule has 2 aromatic rings. The topological polar surface area (TPSA) is 22.1 Å². The van der Waals surface area contributed by atoms with E-state index in [-0.39, 0.29) is 5.75 Å². The maximum Gasteiger partial charge on any atom is 0.215 e. The molecule has 2 rings (SSSR count). The van der Waals surface area contributed by atoms with Crippen LogP contribution in [-0.2, 0) is 0 Å². The monoisotopic (exact) mass is 235 g/mol. The van der Waals surface area contributed by atoms with Crippen molar-refractivity contribution in [2.24, 2.45) is 0 Å². The van der Waals surface area contributed by atoms with Crippen molar-refractivity contribution in [2.75, 3.05) is 7.11 Å². The number of aryl methyl sites for hydroxylation is 1. The van der Waals surface area contributed by atoms with E-state index in [1.807, 2.05) is 0 Å². The Kier molecular flexibility index (Phi) is 3.04. The van der Waals surface area contributed by atoms with Gasteiger partial charge in [0.25, 0.3) is 0 Å². The first-order valence-corrected chi connectivity index (χ1v) is 5.08. The molecule has 0 atom stereocenters. The molecule has 0 spiro atoms. The van der Waals surface area contributed by atoms with E-state index < -0.39 is 11.8 Å². The summed E-state index contributed by atoms with van der Waals surface area (Å²) in [6.07, 6.45) is 1.31. The second kappa shape index (κ2) is 4.49. The molecule has 1 heterocycles. The molecule has 2 nitrogen and oxygen atoms in total. The van der Waals surface area contributed by atoms with Crippen LogP contribution in [0.4, 0.5) is 8.78 Å². The maximum absolute atomic E-state index is 13.9. The third-order valence-electron chi connectivity index (χ3n) is 2.51. The van der Waals surface area contributed by atoms with E-state index in [4.69, 9.17) is 4.74 Å². The molecular formula is C13H11F2NO. The fraction of sp³-hybridized carbons (Fsp3) is 0.154. The summed E-state index contributed by atoms with van der Waals surface area (Å²) < 4.78 is 31.9.